The van der Waals surface area contributed by atoms with Gasteiger partial charge in [0.25, 0.3) is 5.95 Å². The number of aromatic nitrogens is 1. The Labute approximate surface area is 98.9 Å². The molecule has 0 aliphatic heterocycles. The molecule has 0 bridgehead atoms. The Balaban J connectivity index is 2.78. The summed E-state index contributed by atoms with van der Waals surface area (Å²) in [5.41, 5.74) is -1.80. The number of hydrogen-bond acceptors (Lipinski definition) is 3. The monoisotopic (exact) mass is 254 g/mol. The molecule has 0 aliphatic rings. The van der Waals surface area contributed by atoms with E-state index in [1.807, 2.05) is 0 Å². The molecule has 0 unspecified atom stereocenters. The smallest absolute Gasteiger partial charge is 0.258 e. The Hall–Kier alpha value is -2.44. The van der Waals surface area contributed by atoms with Gasteiger partial charge < -0.3 is 0 Å². The third kappa shape index (κ3) is 2.02. The van der Waals surface area contributed by atoms with Crippen LogP contribution in [0.2, 0.25) is 0 Å². The van der Waals surface area contributed by atoms with Crippen molar-refractivity contribution in [3.8, 4) is 11.1 Å². The maximum Gasteiger partial charge on any atom is 0.332 e. The Kier molecular flexibility index (Phi) is 2.97. The van der Waals surface area contributed by atoms with Crippen molar-refractivity contribution in [1.29, 1.82) is 0 Å². The molecule has 1 aromatic carbocycles. The van der Waals surface area contributed by atoms with Crippen LogP contribution in [0.4, 0.5) is 18.9 Å². The molecule has 0 aliphatic carbocycles. The average Bonchev–Trinajstić information content (AvgIpc) is 2.27. The Morgan fingerprint density at radius 2 is 1.78 bits per heavy atom. The van der Waals surface area contributed by atoms with E-state index in [2.05, 4.69) is 4.98 Å². The Morgan fingerprint density at radius 1 is 1.11 bits per heavy atom. The zero-order valence-electron chi connectivity index (χ0n) is 8.73. The molecule has 7 heteroatoms. The van der Waals surface area contributed by atoms with Crippen molar-refractivity contribution in [2.24, 2.45) is 0 Å². The molecule has 1 heterocycles. The van der Waals surface area contributed by atoms with Crippen molar-refractivity contribution in [1.82, 2.24) is 4.98 Å². The maximum atomic E-state index is 13.5. The highest BCUT2D eigenvalue weighted by Gasteiger charge is 2.25. The molecule has 92 valence electrons. The van der Waals surface area contributed by atoms with Gasteiger partial charge in [-0.05, 0) is 6.07 Å². The molecule has 2 aromatic rings. The van der Waals surface area contributed by atoms with Gasteiger partial charge in [0.2, 0.25) is 5.95 Å². The van der Waals surface area contributed by atoms with Crippen molar-refractivity contribution < 1.29 is 18.1 Å². The molecule has 0 N–H and O–H groups in total. The predicted molar refractivity (Wildman–Crippen MR) is 56.2 cm³/mol. The van der Waals surface area contributed by atoms with Crippen LogP contribution < -0.4 is 0 Å². The normalized spacial score (nSPS) is 10.4. The summed E-state index contributed by atoms with van der Waals surface area (Å²) in [5.74, 6) is -3.65. The van der Waals surface area contributed by atoms with Crippen LogP contribution in [0.5, 0.6) is 0 Å². The molecule has 0 fully saturated rings. The van der Waals surface area contributed by atoms with E-state index in [-0.39, 0.29) is 5.56 Å². The van der Waals surface area contributed by atoms with Gasteiger partial charge in [-0.2, -0.15) is 13.8 Å². The highest BCUT2D eigenvalue weighted by atomic mass is 19.1. The van der Waals surface area contributed by atoms with Crippen LogP contribution >= 0.6 is 0 Å². The number of hydrogen-bond donors (Lipinski definition) is 0. The zero-order chi connectivity index (χ0) is 13.3. The lowest BCUT2D eigenvalue weighted by molar-refractivity contribution is -0.387. The summed E-state index contributed by atoms with van der Waals surface area (Å²) in [6.07, 6.45) is 0. The van der Waals surface area contributed by atoms with Crippen LogP contribution in [-0.4, -0.2) is 9.91 Å². The minimum atomic E-state index is -1.58. The van der Waals surface area contributed by atoms with E-state index in [1.165, 1.54) is 18.2 Å². The first-order valence-electron chi connectivity index (χ1n) is 4.76. The summed E-state index contributed by atoms with van der Waals surface area (Å²) >= 11 is 0. The SMILES string of the molecule is O=[N+]([O-])c1c(-c2ccccc2F)cc(F)nc1F. The van der Waals surface area contributed by atoms with Gasteiger partial charge in [0.05, 0.1) is 10.5 Å². The highest BCUT2D eigenvalue weighted by Crippen LogP contribution is 2.33. The fraction of sp³-hybridized carbons (Fsp3) is 0. The van der Waals surface area contributed by atoms with E-state index < -0.39 is 33.9 Å². The van der Waals surface area contributed by atoms with Gasteiger partial charge in [0.15, 0.2) is 0 Å². The quantitative estimate of drug-likeness (QED) is 0.470. The summed E-state index contributed by atoms with van der Waals surface area (Å²) in [7, 11) is 0. The fourth-order valence-corrected chi connectivity index (χ4v) is 1.54. The number of benzene rings is 1. The van der Waals surface area contributed by atoms with Gasteiger partial charge in [-0.25, -0.2) is 4.39 Å². The van der Waals surface area contributed by atoms with Gasteiger partial charge in [-0.15, -0.1) is 0 Å². The summed E-state index contributed by atoms with van der Waals surface area (Å²) < 4.78 is 39.8. The van der Waals surface area contributed by atoms with E-state index in [1.54, 1.807) is 0 Å². The van der Waals surface area contributed by atoms with Crippen LogP contribution in [-0.2, 0) is 0 Å². The average molecular weight is 254 g/mol. The van der Waals surface area contributed by atoms with Gasteiger partial charge >= 0.3 is 5.69 Å². The molecule has 0 saturated heterocycles. The number of nitro groups is 1. The lowest BCUT2D eigenvalue weighted by Gasteiger charge is -2.04. The molecule has 0 atom stereocenters. The molecule has 0 spiro atoms. The summed E-state index contributed by atoms with van der Waals surface area (Å²) in [6.45, 7) is 0. The van der Waals surface area contributed by atoms with E-state index in [9.17, 15) is 23.3 Å². The van der Waals surface area contributed by atoms with Crippen LogP contribution in [0.3, 0.4) is 0 Å². The van der Waals surface area contributed by atoms with Crippen LogP contribution in [0.25, 0.3) is 11.1 Å². The molecule has 0 amide bonds. The Bertz CT molecular complexity index is 632. The third-order valence-electron chi connectivity index (χ3n) is 2.27. The molecule has 2 rings (SSSR count). The summed E-state index contributed by atoms with van der Waals surface area (Å²) in [5, 5.41) is 10.7. The first-order valence-corrected chi connectivity index (χ1v) is 4.76. The first-order chi connectivity index (χ1) is 8.50. The molecule has 18 heavy (non-hydrogen) atoms. The van der Waals surface area contributed by atoms with E-state index >= 15 is 0 Å². The topological polar surface area (TPSA) is 56.0 Å². The minimum Gasteiger partial charge on any atom is -0.258 e. The lowest BCUT2D eigenvalue weighted by atomic mass is 10.0. The van der Waals surface area contributed by atoms with Crippen LogP contribution in [0.15, 0.2) is 30.3 Å². The van der Waals surface area contributed by atoms with Crippen LogP contribution in [0.1, 0.15) is 0 Å². The number of pyridine rings is 1. The second kappa shape index (κ2) is 4.44. The molecule has 0 saturated carbocycles. The molecular weight excluding hydrogens is 249 g/mol. The van der Waals surface area contributed by atoms with Gasteiger partial charge in [-0.3, -0.25) is 10.1 Å². The van der Waals surface area contributed by atoms with E-state index in [0.717, 1.165) is 6.07 Å². The van der Waals surface area contributed by atoms with Crippen molar-refractivity contribution in [2.45, 2.75) is 0 Å². The molecule has 4 nitrogen and oxygen atoms in total. The summed E-state index contributed by atoms with van der Waals surface area (Å²) in [4.78, 5) is 12.4. The van der Waals surface area contributed by atoms with E-state index in [0.29, 0.717) is 6.07 Å². The predicted octanol–water partition coefficient (Wildman–Crippen LogP) is 3.07. The standard InChI is InChI=1S/C11H5F3N2O2/c12-8-4-2-1-3-6(8)7-5-9(13)15-11(14)10(7)16(17)18/h1-5H. The van der Waals surface area contributed by atoms with Crippen molar-refractivity contribution in [3.05, 3.63) is 58.2 Å². The summed E-state index contributed by atoms with van der Waals surface area (Å²) in [6, 6.07) is 5.61. The third-order valence-corrected chi connectivity index (χ3v) is 2.27. The highest BCUT2D eigenvalue weighted by molar-refractivity contribution is 5.73. The number of halogens is 3. The second-order valence-corrected chi connectivity index (χ2v) is 3.37. The van der Waals surface area contributed by atoms with Crippen molar-refractivity contribution in [3.63, 3.8) is 0 Å². The van der Waals surface area contributed by atoms with Crippen LogP contribution in [0, 0.1) is 27.8 Å². The maximum absolute atomic E-state index is 13.5. The zero-order valence-corrected chi connectivity index (χ0v) is 8.73. The second-order valence-electron chi connectivity index (χ2n) is 3.37. The van der Waals surface area contributed by atoms with E-state index in [4.69, 9.17) is 0 Å². The molecule has 1 aromatic heterocycles. The first kappa shape index (κ1) is 12.0. The fourth-order valence-electron chi connectivity index (χ4n) is 1.54. The van der Waals surface area contributed by atoms with Gasteiger partial charge in [0, 0.05) is 11.6 Å². The largest absolute Gasteiger partial charge is 0.332 e. The molecule has 0 radical (unpaired) electrons. The van der Waals surface area contributed by atoms with Gasteiger partial charge in [-0.1, -0.05) is 18.2 Å². The van der Waals surface area contributed by atoms with Gasteiger partial charge in [0.1, 0.15) is 5.82 Å². The Morgan fingerprint density at radius 3 is 2.39 bits per heavy atom. The van der Waals surface area contributed by atoms with Crippen molar-refractivity contribution in [2.75, 3.05) is 0 Å². The van der Waals surface area contributed by atoms with Crippen molar-refractivity contribution >= 4 is 5.69 Å². The number of rotatable bonds is 2. The lowest BCUT2D eigenvalue weighted by Crippen LogP contribution is -2.01. The number of nitrogens with zero attached hydrogens (tertiary/aromatic N) is 2. The minimum absolute atomic E-state index is 0.260. The molecular formula is C11H5F3N2O2.